The number of hydrogen-bond acceptors (Lipinski definition) is 2. The van der Waals surface area contributed by atoms with Crippen LogP contribution in [0.2, 0.25) is 0 Å². The molecule has 0 fully saturated rings. The molecule has 1 N–H and O–H groups in total. The summed E-state index contributed by atoms with van der Waals surface area (Å²) >= 11 is 0. The van der Waals surface area contributed by atoms with E-state index in [1.54, 1.807) is 0 Å². The number of nitrogens with one attached hydrogen (secondary N) is 1. The Morgan fingerprint density at radius 3 is 2.89 bits per heavy atom. The quantitative estimate of drug-likeness (QED) is 0.907. The van der Waals surface area contributed by atoms with Gasteiger partial charge in [-0.05, 0) is 36.5 Å². The van der Waals surface area contributed by atoms with Gasteiger partial charge < -0.3 is 5.32 Å². The Morgan fingerprint density at radius 2 is 2.11 bits per heavy atom. The second-order valence-corrected chi connectivity index (χ2v) is 5.36. The average molecular weight is 255 g/mol. The Hall–Kier alpha value is -1.61. The molecule has 3 nitrogen and oxygen atoms in total. The summed E-state index contributed by atoms with van der Waals surface area (Å²) in [5.41, 5.74) is 4.35. The number of fused-ring (bicyclic) bond motifs is 1. The first-order valence-corrected chi connectivity index (χ1v) is 7.10. The van der Waals surface area contributed by atoms with Gasteiger partial charge >= 0.3 is 0 Å². The zero-order valence-corrected chi connectivity index (χ0v) is 11.5. The third-order valence-corrected chi connectivity index (χ3v) is 4.08. The van der Waals surface area contributed by atoms with Crippen molar-refractivity contribution >= 4 is 0 Å². The van der Waals surface area contributed by atoms with Gasteiger partial charge in [-0.25, -0.2) is 0 Å². The number of aromatic nitrogens is 2. The van der Waals surface area contributed by atoms with Crippen LogP contribution < -0.4 is 5.32 Å². The first-order chi connectivity index (χ1) is 9.33. The number of nitrogens with zero attached hydrogens (tertiary/aromatic N) is 2. The molecule has 1 atom stereocenters. The molecule has 1 aromatic heterocycles. The van der Waals surface area contributed by atoms with Gasteiger partial charge in [0.05, 0.1) is 0 Å². The van der Waals surface area contributed by atoms with E-state index in [0.29, 0.717) is 6.04 Å². The Kier molecular flexibility index (Phi) is 3.65. The summed E-state index contributed by atoms with van der Waals surface area (Å²) in [6.45, 7) is 1.03. The van der Waals surface area contributed by atoms with Crippen LogP contribution in [0, 0.1) is 0 Å². The van der Waals surface area contributed by atoms with E-state index in [9.17, 15) is 0 Å². The van der Waals surface area contributed by atoms with Crippen molar-refractivity contribution in [2.75, 3.05) is 6.54 Å². The normalized spacial score (nSPS) is 18.3. The van der Waals surface area contributed by atoms with Crippen LogP contribution in [0.5, 0.6) is 0 Å². The molecule has 0 amide bonds. The summed E-state index contributed by atoms with van der Waals surface area (Å²) in [6, 6.07) is 11.6. The minimum absolute atomic E-state index is 0.628. The molecule has 3 rings (SSSR count). The number of hydrogen-bond donors (Lipinski definition) is 1. The lowest BCUT2D eigenvalue weighted by Gasteiger charge is -2.25. The van der Waals surface area contributed by atoms with Crippen LogP contribution in [0.1, 0.15) is 23.2 Å². The van der Waals surface area contributed by atoms with E-state index in [1.165, 1.54) is 36.1 Å². The van der Waals surface area contributed by atoms with Crippen LogP contribution in [-0.2, 0) is 26.3 Å². The molecule has 0 bridgehead atoms. The lowest BCUT2D eigenvalue weighted by atomic mass is 9.88. The van der Waals surface area contributed by atoms with Gasteiger partial charge in [0.1, 0.15) is 0 Å². The first-order valence-electron chi connectivity index (χ1n) is 7.10. The van der Waals surface area contributed by atoms with Crippen molar-refractivity contribution in [2.24, 2.45) is 7.05 Å². The Labute approximate surface area is 114 Å². The minimum atomic E-state index is 0.628. The lowest BCUT2D eigenvalue weighted by Crippen LogP contribution is -2.35. The molecular formula is C16H21N3. The molecule has 0 aliphatic heterocycles. The van der Waals surface area contributed by atoms with Crippen molar-refractivity contribution in [2.45, 2.75) is 31.7 Å². The highest BCUT2D eigenvalue weighted by Crippen LogP contribution is 2.20. The van der Waals surface area contributed by atoms with Crippen LogP contribution in [-0.4, -0.2) is 22.4 Å². The van der Waals surface area contributed by atoms with Gasteiger partial charge in [-0.3, -0.25) is 4.68 Å². The average Bonchev–Trinajstić information content (AvgIpc) is 2.84. The maximum Gasteiger partial charge on any atom is 0.0492 e. The number of aryl methyl sites for hydroxylation is 2. The largest absolute Gasteiger partial charge is 0.313 e. The second-order valence-electron chi connectivity index (χ2n) is 5.36. The van der Waals surface area contributed by atoms with Gasteiger partial charge in [0.2, 0.25) is 0 Å². The standard InChI is InChI=1S/C16H21N3/c1-19-16(9-11-18-19)8-10-17-15-7-6-13-4-2-3-5-14(13)12-15/h2-5,9,11,15,17H,6-8,10,12H2,1H3. The maximum absolute atomic E-state index is 4.20. The van der Waals surface area contributed by atoms with Gasteiger partial charge in [-0.15, -0.1) is 0 Å². The van der Waals surface area contributed by atoms with E-state index < -0.39 is 0 Å². The Bertz CT molecular complexity index is 544. The van der Waals surface area contributed by atoms with Crippen molar-refractivity contribution in [1.29, 1.82) is 0 Å². The molecule has 1 aliphatic rings. The molecule has 3 heteroatoms. The van der Waals surface area contributed by atoms with Crippen molar-refractivity contribution in [3.8, 4) is 0 Å². The third kappa shape index (κ3) is 2.87. The Morgan fingerprint density at radius 1 is 1.26 bits per heavy atom. The molecule has 1 aliphatic carbocycles. The highest BCUT2D eigenvalue weighted by Gasteiger charge is 2.17. The molecule has 100 valence electrons. The highest BCUT2D eigenvalue weighted by atomic mass is 15.3. The maximum atomic E-state index is 4.20. The van der Waals surface area contributed by atoms with Gasteiger partial charge in [0.15, 0.2) is 0 Å². The molecule has 0 spiro atoms. The summed E-state index contributed by atoms with van der Waals surface area (Å²) in [5, 5.41) is 7.89. The van der Waals surface area contributed by atoms with Crippen molar-refractivity contribution in [1.82, 2.24) is 15.1 Å². The van der Waals surface area contributed by atoms with Crippen LogP contribution in [0.3, 0.4) is 0 Å². The zero-order chi connectivity index (χ0) is 13.1. The topological polar surface area (TPSA) is 29.9 Å². The highest BCUT2D eigenvalue weighted by molar-refractivity contribution is 5.30. The summed E-state index contributed by atoms with van der Waals surface area (Å²) in [6.07, 6.45) is 6.55. The predicted molar refractivity (Wildman–Crippen MR) is 77.2 cm³/mol. The van der Waals surface area contributed by atoms with Crippen molar-refractivity contribution in [3.63, 3.8) is 0 Å². The smallest absolute Gasteiger partial charge is 0.0492 e. The van der Waals surface area contributed by atoms with E-state index in [-0.39, 0.29) is 0 Å². The Balaban J connectivity index is 1.51. The minimum Gasteiger partial charge on any atom is -0.313 e. The fourth-order valence-electron chi connectivity index (χ4n) is 2.92. The molecule has 0 saturated carbocycles. The third-order valence-electron chi connectivity index (χ3n) is 4.08. The van der Waals surface area contributed by atoms with Gasteiger partial charge in [0.25, 0.3) is 0 Å². The molecule has 2 aromatic rings. The molecule has 0 radical (unpaired) electrons. The van der Waals surface area contributed by atoms with Crippen molar-refractivity contribution in [3.05, 3.63) is 53.3 Å². The number of rotatable bonds is 4. The molecule has 1 heterocycles. The molecule has 19 heavy (non-hydrogen) atoms. The van der Waals surface area contributed by atoms with Gasteiger partial charge in [0, 0.05) is 37.9 Å². The number of benzene rings is 1. The summed E-state index contributed by atoms with van der Waals surface area (Å²) in [5.74, 6) is 0. The molecule has 0 saturated heterocycles. The van der Waals surface area contributed by atoms with E-state index in [0.717, 1.165) is 13.0 Å². The molecule has 1 unspecified atom stereocenters. The van der Waals surface area contributed by atoms with E-state index in [1.807, 2.05) is 17.9 Å². The van der Waals surface area contributed by atoms with Gasteiger partial charge in [-0.2, -0.15) is 5.10 Å². The molecule has 1 aromatic carbocycles. The van der Waals surface area contributed by atoms with E-state index >= 15 is 0 Å². The fraction of sp³-hybridized carbons (Fsp3) is 0.438. The zero-order valence-electron chi connectivity index (χ0n) is 11.5. The monoisotopic (exact) mass is 255 g/mol. The van der Waals surface area contributed by atoms with Crippen LogP contribution in [0.25, 0.3) is 0 Å². The summed E-state index contributed by atoms with van der Waals surface area (Å²) in [7, 11) is 2.01. The van der Waals surface area contributed by atoms with Crippen LogP contribution >= 0.6 is 0 Å². The fourth-order valence-corrected chi connectivity index (χ4v) is 2.92. The first kappa shape index (κ1) is 12.4. The second kappa shape index (κ2) is 5.57. The lowest BCUT2D eigenvalue weighted by molar-refractivity contribution is 0.458. The van der Waals surface area contributed by atoms with Gasteiger partial charge in [-0.1, -0.05) is 24.3 Å². The van der Waals surface area contributed by atoms with E-state index in [2.05, 4.69) is 40.7 Å². The van der Waals surface area contributed by atoms with Crippen LogP contribution in [0.4, 0.5) is 0 Å². The van der Waals surface area contributed by atoms with Crippen molar-refractivity contribution < 1.29 is 0 Å². The molecular weight excluding hydrogens is 234 g/mol. The summed E-state index contributed by atoms with van der Waals surface area (Å²) < 4.78 is 1.96. The van der Waals surface area contributed by atoms with E-state index in [4.69, 9.17) is 0 Å². The SMILES string of the molecule is Cn1nccc1CCNC1CCc2ccccc2C1. The predicted octanol–water partition coefficient (Wildman–Crippen LogP) is 2.11. The summed E-state index contributed by atoms with van der Waals surface area (Å²) in [4.78, 5) is 0. The van der Waals surface area contributed by atoms with Crippen LogP contribution in [0.15, 0.2) is 36.5 Å².